The summed E-state index contributed by atoms with van der Waals surface area (Å²) in [7, 11) is 0. The van der Waals surface area contributed by atoms with E-state index in [2.05, 4.69) is 10.3 Å². The van der Waals surface area contributed by atoms with Gasteiger partial charge in [-0.15, -0.1) is 0 Å². The SMILES string of the molecule is C[C@]1(NC(=O)O)CCN(c2cc(C#N)ncc2C=O)C1. The molecule has 2 rings (SSSR count). The summed E-state index contributed by atoms with van der Waals surface area (Å²) in [6, 6.07) is 3.48. The van der Waals surface area contributed by atoms with Crippen LogP contribution in [0.25, 0.3) is 0 Å². The molecule has 1 atom stereocenters. The van der Waals surface area contributed by atoms with Gasteiger partial charge in [-0.05, 0) is 19.4 Å². The van der Waals surface area contributed by atoms with E-state index in [9.17, 15) is 9.59 Å². The number of nitrogens with zero attached hydrogens (tertiary/aromatic N) is 3. The molecule has 1 amide bonds. The highest BCUT2D eigenvalue weighted by Gasteiger charge is 2.36. The van der Waals surface area contributed by atoms with Crippen molar-refractivity contribution in [3.8, 4) is 6.07 Å². The maximum atomic E-state index is 11.1. The van der Waals surface area contributed by atoms with E-state index in [0.717, 1.165) is 0 Å². The molecule has 0 spiro atoms. The number of rotatable bonds is 3. The van der Waals surface area contributed by atoms with Crippen LogP contribution in [0.1, 0.15) is 29.4 Å². The number of aromatic nitrogens is 1. The zero-order valence-corrected chi connectivity index (χ0v) is 11.0. The summed E-state index contributed by atoms with van der Waals surface area (Å²) >= 11 is 0. The van der Waals surface area contributed by atoms with Crippen molar-refractivity contribution < 1.29 is 14.7 Å². The molecule has 2 heterocycles. The molecule has 2 N–H and O–H groups in total. The molecular formula is C13H14N4O3. The summed E-state index contributed by atoms with van der Waals surface area (Å²) < 4.78 is 0. The molecule has 7 nitrogen and oxygen atoms in total. The molecule has 0 aliphatic carbocycles. The van der Waals surface area contributed by atoms with Crippen LogP contribution in [0.3, 0.4) is 0 Å². The lowest BCUT2D eigenvalue weighted by molar-refractivity contribution is 0.112. The van der Waals surface area contributed by atoms with Crippen LogP contribution in [0.4, 0.5) is 10.5 Å². The van der Waals surface area contributed by atoms with Crippen molar-refractivity contribution in [1.29, 1.82) is 5.26 Å². The number of carboxylic acid groups (broad SMARTS) is 1. The monoisotopic (exact) mass is 274 g/mol. The van der Waals surface area contributed by atoms with Crippen LogP contribution in [-0.4, -0.2) is 41.1 Å². The predicted octanol–water partition coefficient (Wildman–Crippen LogP) is 1.00. The third-order valence-electron chi connectivity index (χ3n) is 3.38. The summed E-state index contributed by atoms with van der Waals surface area (Å²) in [5.41, 5.74) is 0.665. The first-order valence-corrected chi connectivity index (χ1v) is 6.09. The minimum absolute atomic E-state index is 0.227. The van der Waals surface area contributed by atoms with E-state index in [4.69, 9.17) is 10.4 Å². The Morgan fingerprint density at radius 3 is 3.05 bits per heavy atom. The van der Waals surface area contributed by atoms with E-state index in [-0.39, 0.29) is 5.69 Å². The Labute approximate surface area is 115 Å². The lowest BCUT2D eigenvalue weighted by Crippen LogP contribution is -2.47. The molecule has 0 radical (unpaired) electrons. The van der Waals surface area contributed by atoms with Crippen LogP contribution in [-0.2, 0) is 0 Å². The van der Waals surface area contributed by atoms with Crippen molar-refractivity contribution in [2.75, 3.05) is 18.0 Å². The summed E-state index contributed by atoms with van der Waals surface area (Å²) in [6.45, 7) is 2.86. The second kappa shape index (κ2) is 5.17. The Bertz CT molecular complexity index is 596. The van der Waals surface area contributed by atoms with Crippen LogP contribution in [0.5, 0.6) is 0 Å². The average Bonchev–Trinajstić information content (AvgIpc) is 2.79. The average molecular weight is 274 g/mol. The Morgan fingerprint density at radius 2 is 2.45 bits per heavy atom. The normalized spacial score (nSPS) is 21.3. The van der Waals surface area contributed by atoms with Crippen LogP contribution < -0.4 is 10.2 Å². The van der Waals surface area contributed by atoms with Gasteiger partial charge in [-0.3, -0.25) is 4.79 Å². The maximum absolute atomic E-state index is 11.1. The zero-order valence-electron chi connectivity index (χ0n) is 11.0. The molecule has 0 aromatic carbocycles. The number of hydrogen-bond donors (Lipinski definition) is 2. The van der Waals surface area contributed by atoms with E-state index in [1.165, 1.54) is 6.20 Å². The van der Waals surface area contributed by atoms with Gasteiger partial charge in [-0.2, -0.15) is 5.26 Å². The molecule has 1 aliphatic rings. The molecule has 1 aromatic heterocycles. The van der Waals surface area contributed by atoms with Crippen molar-refractivity contribution in [2.45, 2.75) is 18.9 Å². The van der Waals surface area contributed by atoms with E-state index in [1.54, 1.807) is 6.07 Å². The molecule has 20 heavy (non-hydrogen) atoms. The molecule has 1 fully saturated rings. The smallest absolute Gasteiger partial charge is 0.405 e. The summed E-state index contributed by atoms with van der Waals surface area (Å²) in [5, 5.41) is 20.2. The molecule has 1 saturated heterocycles. The van der Waals surface area contributed by atoms with Gasteiger partial charge >= 0.3 is 6.09 Å². The Balaban J connectivity index is 2.28. The molecule has 0 unspecified atom stereocenters. The lowest BCUT2D eigenvalue weighted by Gasteiger charge is -2.26. The van der Waals surface area contributed by atoms with Crippen LogP contribution in [0.15, 0.2) is 12.3 Å². The molecule has 104 valence electrons. The molecule has 1 aliphatic heterocycles. The van der Waals surface area contributed by atoms with E-state index in [0.29, 0.717) is 37.0 Å². The molecule has 1 aromatic rings. The van der Waals surface area contributed by atoms with E-state index in [1.807, 2.05) is 17.9 Å². The second-order valence-corrected chi connectivity index (χ2v) is 5.02. The molecule has 7 heteroatoms. The number of aldehydes is 1. The number of nitriles is 1. The van der Waals surface area contributed by atoms with Gasteiger partial charge in [0.15, 0.2) is 6.29 Å². The number of amides is 1. The number of carbonyl (C=O) groups excluding carboxylic acids is 1. The van der Waals surface area contributed by atoms with E-state index >= 15 is 0 Å². The number of pyridine rings is 1. The van der Waals surface area contributed by atoms with Crippen molar-refractivity contribution in [3.63, 3.8) is 0 Å². The zero-order chi connectivity index (χ0) is 14.8. The molecule has 0 bridgehead atoms. The largest absolute Gasteiger partial charge is 0.465 e. The van der Waals surface area contributed by atoms with Crippen molar-refractivity contribution in [3.05, 3.63) is 23.5 Å². The van der Waals surface area contributed by atoms with Gasteiger partial charge in [0.1, 0.15) is 11.8 Å². The molecular weight excluding hydrogens is 260 g/mol. The van der Waals surface area contributed by atoms with Crippen molar-refractivity contribution >= 4 is 18.1 Å². The Hall–Kier alpha value is -2.62. The first-order valence-electron chi connectivity index (χ1n) is 6.09. The van der Waals surface area contributed by atoms with Gasteiger partial charge in [0.2, 0.25) is 0 Å². The van der Waals surface area contributed by atoms with Crippen LogP contribution >= 0.6 is 0 Å². The van der Waals surface area contributed by atoms with Gasteiger partial charge < -0.3 is 15.3 Å². The number of anilines is 1. The van der Waals surface area contributed by atoms with Crippen LogP contribution in [0, 0.1) is 11.3 Å². The Kier molecular flexibility index (Phi) is 3.57. The van der Waals surface area contributed by atoms with Gasteiger partial charge in [-0.1, -0.05) is 0 Å². The minimum Gasteiger partial charge on any atom is -0.465 e. The van der Waals surface area contributed by atoms with Gasteiger partial charge in [0.25, 0.3) is 0 Å². The standard InChI is InChI=1S/C13H14N4O3/c1-13(16-12(19)20)2-3-17(8-13)11-4-10(5-14)15-6-9(11)7-18/h4,6-7,16H,2-3,8H2,1H3,(H,19,20)/t13-/m0/s1. The summed E-state index contributed by atoms with van der Waals surface area (Å²) in [6.07, 6.45) is 1.60. The van der Waals surface area contributed by atoms with Gasteiger partial charge in [-0.25, -0.2) is 9.78 Å². The second-order valence-electron chi connectivity index (χ2n) is 5.02. The van der Waals surface area contributed by atoms with Crippen LogP contribution in [0.2, 0.25) is 0 Å². The number of hydrogen-bond acceptors (Lipinski definition) is 5. The first-order chi connectivity index (χ1) is 9.47. The quantitative estimate of drug-likeness (QED) is 0.796. The van der Waals surface area contributed by atoms with Crippen molar-refractivity contribution in [1.82, 2.24) is 10.3 Å². The highest BCUT2D eigenvalue weighted by atomic mass is 16.4. The molecule has 0 saturated carbocycles. The fourth-order valence-corrected chi connectivity index (χ4v) is 2.41. The maximum Gasteiger partial charge on any atom is 0.405 e. The fraction of sp³-hybridized carbons (Fsp3) is 0.385. The summed E-state index contributed by atoms with van der Waals surface area (Å²) in [4.78, 5) is 27.6. The van der Waals surface area contributed by atoms with E-state index < -0.39 is 11.6 Å². The topological polar surface area (TPSA) is 106 Å². The predicted molar refractivity (Wildman–Crippen MR) is 70.7 cm³/mol. The third-order valence-corrected chi connectivity index (χ3v) is 3.38. The van der Waals surface area contributed by atoms with Crippen molar-refractivity contribution in [2.24, 2.45) is 0 Å². The lowest BCUT2D eigenvalue weighted by atomic mass is 10.0. The summed E-state index contributed by atoms with van der Waals surface area (Å²) in [5.74, 6) is 0. The van der Waals surface area contributed by atoms with Gasteiger partial charge in [0.05, 0.1) is 16.8 Å². The minimum atomic E-state index is -1.07. The number of carbonyl (C=O) groups is 2. The first kappa shape index (κ1) is 13.8. The van der Waals surface area contributed by atoms with Gasteiger partial charge in [0, 0.05) is 19.3 Å². The third kappa shape index (κ3) is 2.69. The fourth-order valence-electron chi connectivity index (χ4n) is 2.41. The highest BCUT2D eigenvalue weighted by molar-refractivity contribution is 5.84. The Morgan fingerprint density at radius 1 is 1.70 bits per heavy atom. The highest BCUT2D eigenvalue weighted by Crippen LogP contribution is 2.28. The number of nitrogens with one attached hydrogen (secondary N) is 1.